The molecule has 1 aliphatic carbocycles. The second kappa shape index (κ2) is 19.8. The maximum Gasteiger partial charge on any atom is 0.435 e. The molecule has 4 N–H and O–H groups in total. The first-order chi connectivity index (χ1) is 33.7. The molecule has 2 fully saturated rings. The minimum atomic E-state index is -4.95. The predicted molar refractivity (Wildman–Crippen MR) is 252 cm³/mol. The fourth-order valence-electron chi connectivity index (χ4n) is 9.23. The number of alkyl halides is 3. The Bertz CT molecular complexity index is 2940. The lowest BCUT2D eigenvalue weighted by molar-refractivity contribution is -0.141. The van der Waals surface area contributed by atoms with Crippen molar-refractivity contribution in [2.75, 3.05) is 62.6 Å². The van der Waals surface area contributed by atoms with E-state index < -0.39 is 35.3 Å². The average molecular weight is 978 g/mol. The number of fused-ring (bicyclic) bond motifs is 3. The lowest BCUT2D eigenvalue weighted by atomic mass is 9.96. The van der Waals surface area contributed by atoms with Gasteiger partial charge in [0.25, 0.3) is 11.8 Å². The van der Waals surface area contributed by atoms with Crippen LogP contribution >= 0.6 is 11.6 Å². The summed E-state index contributed by atoms with van der Waals surface area (Å²) in [4.78, 5) is 78.5. The first kappa shape index (κ1) is 47.5. The van der Waals surface area contributed by atoms with E-state index in [1.54, 1.807) is 9.80 Å². The number of hydrogen-bond donors (Lipinski definition) is 3. The smallest absolute Gasteiger partial charge is 0.435 e. The number of halogens is 4. The topological polar surface area (TPSA) is 203 Å². The molecule has 17 nitrogen and oxygen atoms in total. The summed E-state index contributed by atoms with van der Waals surface area (Å²) < 4.78 is 51.8. The summed E-state index contributed by atoms with van der Waals surface area (Å²) in [6, 6.07) is 22.8. The van der Waals surface area contributed by atoms with Crippen molar-refractivity contribution in [1.82, 2.24) is 39.4 Å². The Morgan fingerprint density at radius 1 is 0.871 bits per heavy atom. The highest BCUT2D eigenvalue weighted by Crippen LogP contribution is 2.45. The summed E-state index contributed by atoms with van der Waals surface area (Å²) in [5, 5.41) is 9.80. The summed E-state index contributed by atoms with van der Waals surface area (Å²) >= 11 is 6.56. The van der Waals surface area contributed by atoms with Crippen molar-refractivity contribution in [3.05, 3.63) is 131 Å². The van der Waals surface area contributed by atoms with Gasteiger partial charge < -0.3 is 35.5 Å². The van der Waals surface area contributed by atoms with Crippen LogP contribution < -0.4 is 21.3 Å². The molecule has 5 heterocycles. The van der Waals surface area contributed by atoms with Crippen LogP contribution in [0.2, 0.25) is 5.02 Å². The average Bonchev–Trinajstić information content (AvgIpc) is 4.07. The number of ether oxygens (including phenoxy) is 1. The number of anilines is 2. The molecule has 9 rings (SSSR count). The van der Waals surface area contributed by atoms with Crippen LogP contribution in [0.1, 0.15) is 63.0 Å². The van der Waals surface area contributed by atoms with E-state index in [9.17, 15) is 37.1 Å². The molecule has 70 heavy (non-hydrogen) atoms. The molecule has 0 radical (unpaired) electrons. The first-order valence-corrected chi connectivity index (χ1v) is 23.0. The second-order valence-electron chi connectivity index (χ2n) is 17.2. The molecule has 0 atom stereocenters. The number of primary amides is 1. The van der Waals surface area contributed by atoms with Gasteiger partial charge in [-0.05, 0) is 78.5 Å². The highest BCUT2D eigenvalue weighted by atomic mass is 35.5. The van der Waals surface area contributed by atoms with Crippen molar-refractivity contribution >= 4 is 52.7 Å². The number of rotatable bonds is 12. The van der Waals surface area contributed by atoms with E-state index in [0.29, 0.717) is 26.2 Å². The number of carbonyl (C=O) groups excluding carboxylic acids is 5. The van der Waals surface area contributed by atoms with Crippen LogP contribution in [0.15, 0.2) is 97.5 Å². The van der Waals surface area contributed by atoms with E-state index in [2.05, 4.69) is 25.7 Å². The van der Waals surface area contributed by atoms with Crippen LogP contribution in [0.4, 0.5) is 29.3 Å². The van der Waals surface area contributed by atoms with Gasteiger partial charge in [-0.25, -0.2) is 19.4 Å². The fourth-order valence-corrected chi connectivity index (χ4v) is 9.49. The van der Waals surface area contributed by atoms with Crippen molar-refractivity contribution in [3.8, 4) is 28.2 Å². The summed E-state index contributed by atoms with van der Waals surface area (Å²) in [6.07, 6.45) is -0.907. The molecular weight excluding hydrogens is 931 g/mol. The molecule has 2 aliphatic heterocycles. The summed E-state index contributed by atoms with van der Waals surface area (Å²) in [5.74, 6) is -2.20. The number of hydrogen-bond acceptors (Lipinski definition) is 10. The maximum absolute atomic E-state index is 14.6. The zero-order valence-electron chi connectivity index (χ0n) is 37.8. The van der Waals surface area contributed by atoms with E-state index in [1.165, 1.54) is 53.0 Å². The molecule has 0 saturated carbocycles. The SMILES string of the molecule is Cn1c(-c2cn(-c3ccc(N(CCC(N)=O)C(=O)OCC4c5ccccc5-c5ccccc54)cn3)nc2C(F)(F)F)cnc1C(=O)Nc1ccc(C(=O)N2CCN(C(=O)C3CCNCC3)CC2)c(Cl)c1. The van der Waals surface area contributed by atoms with Gasteiger partial charge in [-0.3, -0.25) is 24.1 Å². The Balaban J connectivity index is 0.873. The summed E-state index contributed by atoms with van der Waals surface area (Å²) in [6.45, 7) is 2.95. The number of piperazine rings is 1. The summed E-state index contributed by atoms with van der Waals surface area (Å²) in [7, 11) is 1.38. The standard InChI is InChI=1S/C49H47ClF3N11O6/c1-60-40(26-57-44(60)45(66)58-30-10-12-36(39(50)24-30)47(68)62-22-20-61(21-23-62)46(67)29-14-17-55-18-15-29)37-27-64(59-43(37)49(51,52)53)42-13-11-31(25-56-42)63(19-16-41(54)65)48(69)70-28-38-34-8-4-2-6-32(34)33-7-3-5-9-35(33)38/h2-13,24-27,29,38,55H,14-23,28H2,1H3,(H2,54,65)(H,58,66). The number of pyridine rings is 1. The summed E-state index contributed by atoms with van der Waals surface area (Å²) in [5.41, 5.74) is 8.33. The number of piperidine rings is 1. The minimum absolute atomic E-state index is 0.00781. The largest absolute Gasteiger partial charge is 0.448 e. The molecule has 5 amide bonds. The Labute approximate surface area is 404 Å². The Kier molecular flexibility index (Phi) is 13.4. The highest BCUT2D eigenvalue weighted by molar-refractivity contribution is 6.34. The van der Waals surface area contributed by atoms with Crippen molar-refractivity contribution in [2.24, 2.45) is 18.7 Å². The minimum Gasteiger partial charge on any atom is -0.448 e. The van der Waals surface area contributed by atoms with Gasteiger partial charge in [-0.15, -0.1) is 0 Å². The van der Waals surface area contributed by atoms with Crippen LogP contribution in [0.5, 0.6) is 0 Å². The maximum atomic E-state index is 14.6. The normalized spacial score (nSPS) is 15.0. The van der Waals surface area contributed by atoms with Gasteiger partial charge >= 0.3 is 12.3 Å². The molecule has 6 aromatic rings. The molecular formula is C49H47ClF3N11O6. The van der Waals surface area contributed by atoms with Crippen LogP contribution in [-0.2, 0) is 27.5 Å². The Morgan fingerprint density at radius 2 is 1.54 bits per heavy atom. The number of benzene rings is 3. The zero-order valence-corrected chi connectivity index (χ0v) is 38.5. The predicted octanol–water partition coefficient (Wildman–Crippen LogP) is 6.51. The van der Waals surface area contributed by atoms with Gasteiger partial charge in [-0.1, -0.05) is 60.1 Å². The van der Waals surface area contributed by atoms with Crippen molar-refractivity contribution < 1.29 is 41.9 Å². The lowest BCUT2D eigenvalue weighted by Crippen LogP contribution is -2.52. The fraction of sp³-hybridized carbons (Fsp3) is 0.306. The molecule has 0 spiro atoms. The monoisotopic (exact) mass is 977 g/mol. The van der Waals surface area contributed by atoms with Crippen molar-refractivity contribution in [1.29, 1.82) is 0 Å². The van der Waals surface area contributed by atoms with E-state index in [4.69, 9.17) is 22.1 Å². The molecule has 21 heteroatoms. The van der Waals surface area contributed by atoms with Gasteiger partial charge in [0.2, 0.25) is 11.8 Å². The number of nitrogens with one attached hydrogen (secondary N) is 2. The van der Waals surface area contributed by atoms with E-state index >= 15 is 0 Å². The van der Waals surface area contributed by atoms with Gasteiger partial charge in [-0.2, -0.15) is 18.3 Å². The third kappa shape index (κ3) is 9.68. The Hall–Kier alpha value is -7.58. The van der Waals surface area contributed by atoms with Crippen LogP contribution in [0, 0.1) is 5.92 Å². The van der Waals surface area contributed by atoms with Gasteiger partial charge in [0.05, 0.1) is 39.9 Å². The number of imidazole rings is 1. The highest BCUT2D eigenvalue weighted by Gasteiger charge is 2.39. The van der Waals surface area contributed by atoms with Gasteiger partial charge in [0.15, 0.2) is 17.3 Å². The quantitative estimate of drug-likeness (QED) is 0.121. The third-order valence-electron chi connectivity index (χ3n) is 12.9. The molecule has 3 aromatic carbocycles. The Morgan fingerprint density at radius 3 is 2.17 bits per heavy atom. The molecule has 0 bridgehead atoms. The van der Waals surface area contributed by atoms with Gasteiger partial charge in [0, 0.05) is 69.9 Å². The number of nitrogens with zero attached hydrogens (tertiary/aromatic N) is 8. The van der Waals surface area contributed by atoms with Gasteiger partial charge in [0.1, 0.15) is 6.61 Å². The van der Waals surface area contributed by atoms with E-state index in [1.807, 2.05) is 48.5 Å². The van der Waals surface area contributed by atoms with Crippen molar-refractivity contribution in [3.63, 3.8) is 0 Å². The molecule has 0 unspecified atom stereocenters. The van der Waals surface area contributed by atoms with Crippen molar-refractivity contribution in [2.45, 2.75) is 31.4 Å². The molecule has 362 valence electrons. The van der Waals surface area contributed by atoms with Crippen LogP contribution in [0.3, 0.4) is 0 Å². The number of nitrogens with two attached hydrogens (primary N) is 1. The van der Waals surface area contributed by atoms with E-state index in [0.717, 1.165) is 65.3 Å². The second-order valence-corrected chi connectivity index (χ2v) is 17.6. The number of carbonyl (C=O) groups is 5. The zero-order chi connectivity index (χ0) is 49.3. The molecule has 3 aromatic heterocycles. The molecule has 2 saturated heterocycles. The lowest BCUT2D eigenvalue weighted by Gasteiger charge is -2.37. The van der Waals surface area contributed by atoms with Crippen LogP contribution in [0.25, 0.3) is 28.2 Å². The number of aromatic nitrogens is 5. The third-order valence-corrected chi connectivity index (χ3v) is 13.2. The van der Waals surface area contributed by atoms with E-state index in [-0.39, 0.29) is 82.5 Å². The number of amides is 5. The molecule has 3 aliphatic rings. The first-order valence-electron chi connectivity index (χ1n) is 22.6. The van der Waals surface area contributed by atoms with Crippen LogP contribution in [-0.4, -0.2) is 116 Å².